The summed E-state index contributed by atoms with van der Waals surface area (Å²) in [6.07, 6.45) is 0. The number of piperazine rings is 1. The van der Waals surface area contributed by atoms with Crippen molar-refractivity contribution in [1.82, 2.24) is 10.2 Å². The molecule has 1 heterocycles. The Morgan fingerprint density at radius 1 is 0.917 bits per heavy atom. The Hall–Kier alpha value is -3.65. The minimum absolute atomic E-state index is 0.193. The average Bonchev–Trinajstić information content (AvgIpc) is 2.87. The van der Waals surface area contributed by atoms with Crippen molar-refractivity contribution in [3.63, 3.8) is 0 Å². The van der Waals surface area contributed by atoms with Gasteiger partial charge in [-0.1, -0.05) is 45.0 Å². The molecule has 1 fully saturated rings. The van der Waals surface area contributed by atoms with Crippen molar-refractivity contribution in [3.05, 3.63) is 66.2 Å². The first-order chi connectivity index (χ1) is 17.2. The number of rotatable bonds is 4. The molecule has 188 valence electrons. The van der Waals surface area contributed by atoms with Gasteiger partial charge in [0.25, 0.3) is 5.91 Å². The topological polar surface area (TPSA) is 73.9 Å². The van der Waals surface area contributed by atoms with E-state index in [9.17, 15) is 9.59 Å². The van der Waals surface area contributed by atoms with Crippen LogP contribution in [0.15, 0.2) is 60.7 Å². The van der Waals surface area contributed by atoms with Crippen LogP contribution in [-0.4, -0.2) is 55.1 Å². The van der Waals surface area contributed by atoms with Crippen molar-refractivity contribution in [3.8, 4) is 5.75 Å². The molecule has 7 nitrogen and oxygen atoms in total. The number of carbonyl (C=O) groups excluding carboxylic acids is 2. The van der Waals surface area contributed by atoms with Gasteiger partial charge in [-0.15, -0.1) is 0 Å². The van der Waals surface area contributed by atoms with Crippen molar-refractivity contribution < 1.29 is 14.3 Å². The molecule has 2 amide bonds. The van der Waals surface area contributed by atoms with Gasteiger partial charge in [0.05, 0.1) is 12.7 Å². The Balaban J connectivity index is 1.34. The summed E-state index contributed by atoms with van der Waals surface area (Å²) in [6, 6.07) is 19.3. The van der Waals surface area contributed by atoms with Gasteiger partial charge in [-0.3, -0.25) is 14.9 Å². The molecule has 36 heavy (non-hydrogen) atoms. The van der Waals surface area contributed by atoms with E-state index in [0.29, 0.717) is 24.4 Å². The second-order valence-electron chi connectivity index (χ2n) is 9.88. The highest BCUT2D eigenvalue weighted by atomic mass is 32.1. The molecule has 1 saturated heterocycles. The number of nitrogens with zero attached hydrogens (tertiary/aromatic N) is 2. The predicted molar refractivity (Wildman–Crippen MR) is 149 cm³/mol. The Morgan fingerprint density at radius 3 is 2.11 bits per heavy atom. The molecule has 8 heteroatoms. The Kier molecular flexibility index (Phi) is 7.45. The van der Waals surface area contributed by atoms with Gasteiger partial charge in [-0.05, 0) is 59.4 Å². The SMILES string of the molecule is COc1cc2ccccc2cc1C(=O)NC(=S)Nc1ccc(N2CCN(C(=O)C(C)(C)C)CC2)cc1. The van der Waals surface area contributed by atoms with Gasteiger partial charge in [0.15, 0.2) is 5.11 Å². The monoisotopic (exact) mass is 504 g/mol. The average molecular weight is 505 g/mol. The van der Waals surface area contributed by atoms with E-state index in [1.54, 1.807) is 13.2 Å². The normalized spacial score (nSPS) is 13.9. The van der Waals surface area contributed by atoms with Crippen LogP contribution in [0.4, 0.5) is 11.4 Å². The van der Waals surface area contributed by atoms with Gasteiger partial charge in [0, 0.05) is 43.0 Å². The van der Waals surface area contributed by atoms with Gasteiger partial charge in [-0.2, -0.15) is 0 Å². The fraction of sp³-hybridized carbons (Fsp3) is 0.321. The van der Waals surface area contributed by atoms with Crippen LogP contribution in [0.3, 0.4) is 0 Å². The van der Waals surface area contributed by atoms with E-state index >= 15 is 0 Å². The lowest BCUT2D eigenvalue weighted by atomic mass is 9.94. The zero-order valence-electron chi connectivity index (χ0n) is 21.1. The van der Waals surface area contributed by atoms with Crippen LogP contribution >= 0.6 is 12.2 Å². The molecule has 1 aliphatic heterocycles. The highest BCUT2D eigenvalue weighted by Crippen LogP contribution is 2.26. The van der Waals surface area contributed by atoms with Crippen molar-refractivity contribution in [1.29, 1.82) is 0 Å². The summed E-state index contributed by atoms with van der Waals surface area (Å²) >= 11 is 5.38. The van der Waals surface area contributed by atoms with Crippen LogP contribution in [0.25, 0.3) is 10.8 Å². The largest absolute Gasteiger partial charge is 0.496 e. The number of nitrogens with one attached hydrogen (secondary N) is 2. The van der Waals surface area contributed by atoms with Crippen LogP contribution in [-0.2, 0) is 4.79 Å². The third-order valence-corrected chi connectivity index (χ3v) is 6.44. The molecule has 0 radical (unpaired) electrons. The highest BCUT2D eigenvalue weighted by molar-refractivity contribution is 7.80. The van der Waals surface area contributed by atoms with E-state index in [4.69, 9.17) is 17.0 Å². The number of thiocarbonyl (C=S) groups is 1. The summed E-state index contributed by atoms with van der Waals surface area (Å²) in [5.74, 6) is 0.343. The number of carbonyl (C=O) groups is 2. The predicted octanol–water partition coefficient (Wildman–Crippen LogP) is 4.67. The molecule has 0 bridgehead atoms. The quantitative estimate of drug-likeness (QED) is 0.503. The zero-order valence-corrected chi connectivity index (χ0v) is 21.9. The lowest BCUT2D eigenvalue weighted by Gasteiger charge is -2.38. The fourth-order valence-electron chi connectivity index (χ4n) is 4.30. The second kappa shape index (κ2) is 10.5. The molecule has 3 aromatic carbocycles. The molecule has 0 saturated carbocycles. The van der Waals surface area contributed by atoms with Crippen molar-refractivity contribution in [2.45, 2.75) is 20.8 Å². The van der Waals surface area contributed by atoms with E-state index in [0.717, 1.165) is 35.2 Å². The number of hydrogen-bond donors (Lipinski definition) is 2. The summed E-state index contributed by atoms with van der Waals surface area (Å²) in [7, 11) is 1.54. The van der Waals surface area contributed by atoms with E-state index in [1.165, 1.54) is 0 Å². The summed E-state index contributed by atoms with van der Waals surface area (Å²) in [5, 5.41) is 7.96. The minimum atomic E-state index is -0.358. The third-order valence-electron chi connectivity index (χ3n) is 6.24. The van der Waals surface area contributed by atoms with E-state index in [1.807, 2.05) is 80.3 Å². The lowest BCUT2D eigenvalue weighted by molar-refractivity contribution is -0.139. The fourth-order valence-corrected chi connectivity index (χ4v) is 4.51. The van der Waals surface area contributed by atoms with Crippen molar-refractivity contribution in [2.24, 2.45) is 5.41 Å². The minimum Gasteiger partial charge on any atom is -0.496 e. The summed E-state index contributed by atoms with van der Waals surface area (Å²) in [6.45, 7) is 8.87. The Labute approximate surface area is 217 Å². The molecular formula is C28H32N4O3S. The number of hydrogen-bond acceptors (Lipinski definition) is 5. The van der Waals surface area contributed by atoms with Crippen LogP contribution in [0.2, 0.25) is 0 Å². The molecule has 0 spiro atoms. The maximum atomic E-state index is 12.9. The third kappa shape index (κ3) is 5.76. The molecule has 3 aromatic rings. The Bertz CT molecular complexity index is 1280. The van der Waals surface area contributed by atoms with Gasteiger partial charge in [0.1, 0.15) is 5.75 Å². The highest BCUT2D eigenvalue weighted by Gasteiger charge is 2.29. The molecule has 2 N–H and O–H groups in total. The standard InChI is InChI=1S/C28H32N4O3S/c1-28(2,3)26(34)32-15-13-31(14-16-32)22-11-9-21(10-12-22)29-27(36)30-25(33)23-17-19-7-5-6-8-20(19)18-24(23)35-4/h5-12,17-18H,13-16H2,1-4H3,(H2,29,30,33,36). The first-order valence-corrected chi connectivity index (χ1v) is 12.4. The van der Waals surface area contributed by atoms with Gasteiger partial charge in [0.2, 0.25) is 5.91 Å². The maximum absolute atomic E-state index is 12.9. The zero-order chi connectivity index (χ0) is 25.9. The summed E-state index contributed by atoms with van der Waals surface area (Å²) in [4.78, 5) is 29.6. The molecule has 1 aliphatic rings. The number of ether oxygens (including phenoxy) is 1. The van der Waals surface area contributed by atoms with E-state index < -0.39 is 0 Å². The lowest BCUT2D eigenvalue weighted by Crippen LogP contribution is -2.51. The molecule has 0 atom stereocenters. The molecular weight excluding hydrogens is 472 g/mol. The summed E-state index contributed by atoms with van der Waals surface area (Å²) < 4.78 is 5.43. The van der Waals surface area contributed by atoms with Gasteiger partial charge >= 0.3 is 0 Å². The van der Waals surface area contributed by atoms with Gasteiger partial charge < -0.3 is 19.9 Å². The number of methoxy groups -OCH3 is 1. The van der Waals surface area contributed by atoms with Gasteiger partial charge in [-0.25, -0.2) is 0 Å². The van der Waals surface area contributed by atoms with Crippen LogP contribution in [0.1, 0.15) is 31.1 Å². The molecule has 0 unspecified atom stereocenters. The smallest absolute Gasteiger partial charge is 0.261 e. The molecule has 4 rings (SSSR count). The van der Waals surface area contributed by atoms with E-state index in [-0.39, 0.29) is 22.3 Å². The van der Waals surface area contributed by atoms with Crippen molar-refractivity contribution in [2.75, 3.05) is 43.5 Å². The van der Waals surface area contributed by atoms with E-state index in [2.05, 4.69) is 15.5 Å². The molecule has 0 aromatic heterocycles. The van der Waals surface area contributed by atoms with Crippen molar-refractivity contribution >= 4 is 51.3 Å². The Morgan fingerprint density at radius 2 is 1.53 bits per heavy atom. The first-order valence-electron chi connectivity index (χ1n) is 12.0. The number of fused-ring (bicyclic) bond motifs is 1. The first kappa shape index (κ1) is 25.4. The number of benzene rings is 3. The number of anilines is 2. The molecule has 0 aliphatic carbocycles. The number of amides is 2. The van der Waals surface area contributed by atoms with Crippen LogP contribution in [0.5, 0.6) is 5.75 Å². The van der Waals surface area contributed by atoms with Crippen LogP contribution in [0, 0.1) is 5.41 Å². The van der Waals surface area contributed by atoms with Crippen LogP contribution < -0.4 is 20.3 Å². The second-order valence-corrected chi connectivity index (χ2v) is 10.3. The summed E-state index contributed by atoms with van der Waals surface area (Å²) in [5.41, 5.74) is 1.91. The maximum Gasteiger partial charge on any atom is 0.261 e.